The van der Waals surface area contributed by atoms with Gasteiger partial charge in [0.05, 0.1) is 0 Å². The van der Waals surface area contributed by atoms with Crippen LogP contribution >= 0.6 is 11.8 Å². The summed E-state index contributed by atoms with van der Waals surface area (Å²) in [4.78, 5) is 23.7. The van der Waals surface area contributed by atoms with Crippen LogP contribution in [0.4, 0.5) is 10.2 Å². The summed E-state index contributed by atoms with van der Waals surface area (Å²) in [6.45, 7) is 1.71. The molecule has 7 heteroatoms. The normalized spacial score (nSPS) is 17.4. The van der Waals surface area contributed by atoms with Gasteiger partial charge < -0.3 is 10.2 Å². The minimum atomic E-state index is -0.294. The average Bonchev–Trinajstić information content (AvgIpc) is 3.46. The molecule has 25 heavy (non-hydrogen) atoms. The number of halogens is 1. The van der Waals surface area contributed by atoms with Crippen LogP contribution in [0.2, 0.25) is 0 Å². The van der Waals surface area contributed by atoms with E-state index >= 15 is 0 Å². The molecular formula is C18H19FN4OS. The highest BCUT2D eigenvalue weighted by Gasteiger charge is 2.27. The van der Waals surface area contributed by atoms with E-state index < -0.39 is 0 Å². The first kappa shape index (κ1) is 16.3. The van der Waals surface area contributed by atoms with Crippen molar-refractivity contribution in [3.05, 3.63) is 41.8 Å². The predicted molar refractivity (Wildman–Crippen MR) is 97.5 cm³/mol. The second kappa shape index (κ2) is 7.00. The maximum atomic E-state index is 13.2. The highest BCUT2D eigenvalue weighted by atomic mass is 32.2. The van der Waals surface area contributed by atoms with Gasteiger partial charge >= 0.3 is 0 Å². The highest BCUT2D eigenvalue weighted by molar-refractivity contribution is 7.99. The number of rotatable bonds is 4. The predicted octanol–water partition coefficient (Wildman–Crippen LogP) is 2.73. The summed E-state index contributed by atoms with van der Waals surface area (Å²) < 4.78 is 13.2. The second-order valence-corrected chi connectivity index (χ2v) is 7.51. The number of aromatic nitrogens is 2. The quantitative estimate of drug-likeness (QED) is 0.911. The summed E-state index contributed by atoms with van der Waals surface area (Å²) in [7, 11) is 0. The van der Waals surface area contributed by atoms with Gasteiger partial charge in [-0.3, -0.25) is 4.79 Å². The molecule has 0 radical (unpaired) electrons. The van der Waals surface area contributed by atoms with Gasteiger partial charge in [-0.15, -0.1) is 0 Å². The fraction of sp³-hybridized carbons (Fsp3) is 0.389. The third-order valence-corrected chi connectivity index (χ3v) is 5.28. The molecule has 1 saturated carbocycles. The van der Waals surface area contributed by atoms with Gasteiger partial charge in [0.15, 0.2) is 5.82 Å². The zero-order valence-electron chi connectivity index (χ0n) is 13.7. The Morgan fingerprint density at radius 1 is 1.20 bits per heavy atom. The first-order valence-corrected chi connectivity index (χ1v) is 9.63. The molecule has 1 amide bonds. The van der Waals surface area contributed by atoms with Crippen LogP contribution in [0.15, 0.2) is 30.5 Å². The van der Waals surface area contributed by atoms with Crippen molar-refractivity contribution < 1.29 is 9.18 Å². The largest absolute Gasteiger partial charge is 0.354 e. The molecule has 1 aromatic carbocycles. The Morgan fingerprint density at radius 3 is 2.60 bits per heavy atom. The number of nitrogens with one attached hydrogen (secondary N) is 1. The zero-order chi connectivity index (χ0) is 17.2. The number of thioether (sulfide) groups is 1. The van der Waals surface area contributed by atoms with Crippen LogP contribution in [0.1, 0.15) is 23.2 Å². The van der Waals surface area contributed by atoms with Crippen molar-refractivity contribution >= 4 is 23.5 Å². The molecule has 2 aromatic rings. The summed E-state index contributed by atoms with van der Waals surface area (Å²) >= 11 is 1.90. The smallest absolute Gasteiger partial charge is 0.256 e. The van der Waals surface area contributed by atoms with Crippen LogP contribution in [0, 0.1) is 5.82 Å². The van der Waals surface area contributed by atoms with E-state index in [0.717, 1.165) is 43.0 Å². The number of carbonyl (C=O) groups is 1. The van der Waals surface area contributed by atoms with Gasteiger partial charge in [-0.25, -0.2) is 14.4 Å². The molecule has 0 bridgehead atoms. The van der Waals surface area contributed by atoms with E-state index in [1.54, 1.807) is 18.3 Å². The molecule has 1 N–H and O–H groups in total. The number of anilines is 1. The van der Waals surface area contributed by atoms with Crippen LogP contribution in [-0.2, 0) is 0 Å². The zero-order valence-corrected chi connectivity index (χ0v) is 14.6. The first-order chi connectivity index (χ1) is 12.2. The van der Waals surface area contributed by atoms with Gasteiger partial charge in [0, 0.05) is 42.4 Å². The van der Waals surface area contributed by atoms with E-state index in [9.17, 15) is 9.18 Å². The van der Waals surface area contributed by atoms with Crippen LogP contribution in [0.5, 0.6) is 0 Å². The number of nitrogens with zero attached hydrogens (tertiary/aromatic N) is 3. The summed E-state index contributed by atoms with van der Waals surface area (Å²) in [5, 5.41) is 3.02. The van der Waals surface area contributed by atoms with Crippen LogP contribution in [-0.4, -0.2) is 46.5 Å². The molecule has 2 heterocycles. The topological polar surface area (TPSA) is 58.1 Å². The number of hydrogen-bond donors (Lipinski definition) is 1. The van der Waals surface area contributed by atoms with Gasteiger partial charge in [0.25, 0.3) is 5.91 Å². The average molecular weight is 358 g/mol. The van der Waals surface area contributed by atoms with E-state index in [2.05, 4.69) is 20.2 Å². The number of benzene rings is 1. The van der Waals surface area contributed by atoms with E-state index in [4.69, 9.17) is 0 Å². The Morgan fingerprint density at radius 2 is 1.92 bits per heavy atom. The minimum Gasteiger partial charge on any atom is -0.354 e. The molecule has 0 spiro atoms. The molecule has 5 nitrogen and oxygen atoms in total. The second-order valence-electron chi connectivity index (χ2n) is 6.28. The van der Waals surface area contributed by atoms with E-state index in [-0.39, 0.29) is 17.8 Å². The van der Waals surface area contributed by atoms with Crippen molar-refractivity contribution in [1.82, 2.24) is 15.3 Å². The van der Waals surface area contributed by atoms with Gasteiger partial charge in [0.2, 0.25) is 0 Å². The lowest BCUT2D eigenvalue weighted by Gasteiger charge is -2.29. The standard InChI is InChI=1S/C18H19FN4OS/c19-13-3-1-12(2-4-13)16-20-11-15(18(24)21-14-5-6-14)17(22-16)23-7-9-25-10-8-23/h1-4,11,14H,5-10H2,(H,21,24). The summed E-state index contributed by atoms with van der Waals surface area (Å²) in [5.74, 6) is 2.81. The van der Waals surface area contributed by atoms with E-state index in [0.29, 0.717) is 17.2 Å². The lowest BCUT2D eigenvalue weighted by atomic mass is 10.2. The molecular weight excluding hydrogens is 339 g/mol. The fourth-order valence-electron chi connectivity index (χ4n) is 2.78. The number of carbonyl (C=O) groups excluding carboxylic acids is 1. The summed E-state index contributed by atoms with van der Waals surface area (Å²) in [5.41, 5.74) is 1.26. The van der Waals surface area contributed by atoms with Crippen LogP contribution < -0.4 is 10.2 Å². The molecule has 130 valence electrons. The molecule has 1 aromatic heterocycles. The summed E-state index contributed by atoms with van der Waals surface area (Å²) in [6, 6.07) is 6.39. The third kappa shape index (κ3) is 3.76. The van der Waals surface area contributed by atoms with Crippen molar-refractivity contribution in [2.45, 2.75) is 18.9 Å². The Hall–Kier alpha value is -2.15. The van der Waals surface area contributed by atoms with Gasteiger partial charge in [0.1, 0.15) is 17.2 Å². The SMILES string of the molecule is O=C(NC1CC1)c1cnc(-c2ccc(F)cc2)nc1N1CCSCC1. The number of hydrogen-bond acceptors (Lipinski definition) is 5. The van der Waals surface area contributed by atoms with E-state index in [1.807, 2.05) is 11.8 Å². The Kier molecular flexibility index (Phi) is 4.57. The molecule has 1 aliphatic heterocycles. The first-order valence-electron chi connectivity index (χ1n) is 8.47. The maximum absolute atomic E-state index is 13.2. The molecule has 1 aliphatic carbocycles. The van der Waals surface area contributed by atoms with E-state index in [1.165, 1.54) is 12.1 Å². The van der Waals surface area contributed by atoms with Gasteiger partial charge in [-0.1, -0.05) is 0 Å². The monoisotopic (exact) mass is 358 g/mol. The molecule has 2 fully saturated rings. The van der Waals surface area contributed by atoms with Crippen molar-refractivity contribution in [2.75, 3.05) is 29.5 Å². The van der Waals surface area contributed by atoms with Crippen molar-refractivity contribution in [3.8, 4) is 11.4 Å². The van der Waals surface area contributed by atoms with Gasteiger partial charge in [-0.2, -0.15) is 11.8 Å². The molecule has 2 aliphatic rings. The lowest BCUT2D eigenvalue weighted by molar-refractivity contribution is 0.0951. The van der Waals surface area contributed by atoms with Crippen molar-refractivity contribution in [3.63, 3.8) is 0 Å². The lowest BCUT2D eigenvalue weighted by Crippen LogP contribution is -2.36. The van der Waals surface area contributed by atoms with Crippen LogP contribution in [0.3, 0.4) is 0 Å². The van der Waals surface area contributed by atoms with Crippen molar-refractivity contribution in [1.29, 1.82) is 0 Å². The van der Waals surface area contributed by atoms with Crippen LogP contribution in [0.25, 0.3) is 11.4 Å². The Balaban J connectivity index is 1.70. The maximum Gasteiger partial charge on any atom is 0.256 e. The van der Waals surface area contributed by atoms with Gasteiger partial charge in [-0.05, 0) is 37.1 Å². The minimum absolute atomic E-state index is 0.110. The highest BCUT2D eigenvalue weighted by Crippen LogP contribution is 2.26. The molecule has 1 saturated heterocycles. The Bertz CT molecular complexity index is 773. The fourth-order valence-corrected chi connectivity index (χ4v) is 3.68. The van der Waals surface area contributed by atoms with Crippen molar-refractivity contribution in [2.24, 2.45) is 0 Å². The molecule has 0 atom stereocenters. The molecule has 0 unspecified atom stereocenters. The Labute approximate surface area is 150 Å². The summed E-state index contributed by atoms with van der Waals surface area (Å²) in [6.07, 6.45) is 3.67. The third-order valence-electron chi connectivity index (χ3n) is 4.34. The molecule has 4 rings (SSSR count). The number of amides is 1.